The van der Waals surface area contributed by atoms with Crippen LogP contribution in [0.5, 0.6) is 11.9 Å². The van der Waals surface area contributed by atoms with Crippen LogP contribution in [0.2, 0.25) is 0 Å². The number of rotatable bonds is 6. The van der Waals surface area contributed by atoms with Gasteiger partial charge < -0.3 is 14.4 Å². The Kier molecular flexibility index (Phi) is 4.67. The second-order valence-corrected chi connectivity index (χ2v) is 7.28. The van der Waals surface area contributed by atoms with Gasteiger partial charge in [-0.1, -0.05) is 30.3 Å². The lowest BCUT2D eigenvalue weighted by atomic mass is 10.0. The van der Waals surface area contributed by atoms with Gasteiger partial charge in [-0.05, 0) is 42.7 Å². The molecule has 0 unspecified atom stereocenters. The lowest BCUT2D eigenvalue weighted by Gasteiger charge is -2.26. The molecule has 0 radical (unpaired) electrons. The third kappa shape index (κ3) is 3.30. The minimum atomic E-state index is 0.278. The van der Waals surface area contributed by atoms with Crippen molar-refractivity contribution in [3.05, 3.63) is 67.0 Å². The molecule has 2 aromatic heterocycles. The number of para-hydroxylation sites is 1. The van der Waals surface area contributed by atoms with E-state index in [4.69, 9.17) is 9.47 Å². The Morgan fingerprint density at radius 2 is 1.77 bits per heavy atom. The van der Waals surface area contributed by atoms with Crippen molar-refractivity contribution >= 4 is 22.3 Å². The Bertz CT molecular complexity index is 1190. The summed E-state index contributed by atoms with van der Waals surface area (Å²) in [4.78, 5) is 15.6. The van der Waals surface area contributed by atoms with E-state index in [0.717, 1.165) is 22.0 Å². The summed E-state index contributed by atoms with van der Waals surface area (Å²) in [6, 6.07) is 19.7. The second-order valence-electron chi connectivity index (χ2n) is 7.28. The zero-order valence-corrected chi connectivity index (χ0v) is 16.9. The maximum Gasteiger partial charge on any atom is 0.319 e. The molecule has 6 nitrogen and oxygen atoms in total. The molecule has 1 fully saturated rings. The van der Waals surface area contributed by atoms with Crippen LogP contribution in [0.15, 0.2) is 67.0 Å². The number of aromatic nitrogens is 3. The zero-order chi connectivity index (χ0) is 20.5. The molecule has 4 aromatic rings. The number of hydrogen-bond donors (Lipinski definition) is 0. The molecule has 2 heterocycles. The van der Waals surface area contributed by atoms with E-state index in [1.165, 1.54) is 31.3 Å². The van der Waals surface area contributed by atoms with Gasteiger partial charge in [0, 0.05) is 29.5 Å². The van der Waals surface area contributed by atoms with Gasteiger partial charge >= 0.3 is 6.01 Å². The van der Waals surface area contributed by atoms with Gasteiger partial charge in [-0.25, -0.2) is 4.98 Å². The molecular weight excluding hydrogens is 376 g/mol. The van der Waals surface area contributed by atoms with Gasteiger partial charge in [0.2, 0.25) is 5.88 Å². The van der Waals surface area contributed by atoms with Crippen LogP contribution in [-0.2, 0) is 0 Å². The summed E-state index contributed by atoms with van der Waals surface area (Å²) in [5, 5.41) is 1.12. The molecule has 0 bridgehead atoms. The monoisotopic (exact) mass is 398 g/mol. The number of anilines is 2. The SMILES string of the molecule is COc1ncc(-c2ccc3c(N(c4ccccc4)C4CC4)ccnc3c2)c(OC)n1. The van der Waals surface area contributed by atoms with Crippen molar-refractivity contribution in [2.75, 3.05) is 19.1 Å². The molecule has 0 amide bonds. The van der Waals surface area contributed by atoms with Crippen molar-refractivity contribution in [2.24, 2.45) is 0 Å². The maximum absolute atomic E-state index is 5.45. The van der Waals surface area contributed by atoms with Crippen LogP contribution in [0.4, 0.5) is 11.4 Å². The first-order valence-corrected chi connectivity index (χ1v) is 9.97. The summed E-state index contributed by atoms with van der Waals surface area (Å²) >= 11 is 0. The van der Waals surface area contributed by atoms with Crippen molar-refractivity contribution in [2.45, 2.75) is 18.9 Å². The van der Waals surface area contributed by atoms with Gasteiger partial charge in [-0.15, -0.1) is 0 Å². The van der Waals surface area contributed by atoms with E-state index in [1.54, 1.807) is 13.3 Å². The van der Waals surface area contributed by atoms with Crippen molar-refractivity contribution in [3.8, 4) is 23.0 Å². The molecule has 1 aliphatic carbocycles. The predicted octanol–water partition coefficient (Wildman–Crippen LogP) is 5.01. The Balaban J connectivity index is 1.61. The second kappa shape index (κ2) is 7.63. The minimum absolute atomic E-state index is 0.278. The van der Waals surface area contributed by atoms with E-state index >= 15 is 0 Å². The average molecular weight is 398 g/mol. The van der Waals surface area contributed by atoms with Crippen LogP contribution >= 0.6 is 0 Å². The summed E-state index contributed by atoms with van der Waals surface area (Å²) in [6.07, 6.45) is 6.01. The number of hydrogen-bond acceptors (Lipinski definition) is 6. The van der Waals surface area contributed by atoms with Crippen molar-refractivity contribution < 1.29 is 9.47 Å². The highest BCUT2D eigenvalue weighted by Gasteiger charge is 2.31. The predicted molar refractivity (Wildman–Crippen MR) is 117 cm³/mol. The van der Waals surface area contributed by atoms with Crippen LogP contribution in [0, 0.1) is 0 Å². The molecule has 0 spiro atoms. The molecule has 0 N–H and O–H groups in total. The number of benzene rings is 2. The fraction of sp³-hybridized carbons (Fsp3) is 0.208. The summed E-state index contributed by atoms with van der Waals surface area (Å²) in [7, 11) is 3.13. The lowest BCUT2D eigenvalue weighted by molar-refractivity contribution is 0.353. The largest absolute Gasteiger partial charge is 0.480 e. The van der Waals surface area contributed by atoms with Crippen molar-refractivity contribution in [3.63, 3.8) is 0 Å². The minimum Gasteiger partial charge on any atom is -0.480 e. The van der Waals surface area contributed by atoms with Crippen molar-refractivity contribution in [1.29, 1.82) is 0 Å². The zero-order valence-electron chi connectivity index (χ0n) is 16.9. The molecule has 5 rings (SSSR count). The Morgan fingerprint density at radius 3 is 2.50 bits per heavy atom. The number of fused-ring (bicyclic) bond motifs is 1. The van der Waals surface area contributed by atoms with Crippen LogP contribution < -0.4 is 14.4 Å². The number of pyridine rings is 1. The fourth-order valence-corrected chi connectivity index (χ4v) is 3.78. The topological polar surface area (TPSA) is 60.4 Å². The summed E-state index contributed by atoms with van der Waals surface area (Å²) in [6.45, 7) is 0. The summed E-state index contributed by atoms with van der Waals surface area (Å²) < 4.78 is 10.6. The van der Waals surface area contributed by atoms with E-state index in [1.807, 2.05) is 6.20 Å². The number of methoxy groups -OCH3 is 2. The van der Waals surface area contributed by atoms with Crippen LogP contribution in [0.3, 0.4) is 0 Å². The summed E-state index contributed by atoms with van der Waals surface area (Å²) in [5.41, 5.74) is 5.06. The Morgan fingerprint density at radius 1 is 0.933 bits per heavy atom. The third-order valence-electron chi connectivity index (χ3n) is 5.34. The molecule has 6 heteroatoms. The van der Waals surface area contributed by atoms with Crippen molar-refractivity contribution in [1.82, 2.24) is 15.0 Å². The standard InChI is InChI=1S/C24H22N4O2/c1-29-23-20(15-26-24(27-23)30-2)16-8-11-19-21(14-16)25-13-12-22(19)28(18-9-10-18)17-6-4-3-5-7-17/h3-8,11-15,18H,9-10H2,1-2H3. The highest BCUT2D eigenvalue weighted by atomic mass is 16.5. The molecule has 1 aliphatic rings. The van der Waals surface area contributed by atoms with Crippen LogP contribution in [0.25, 0.3) is 22.0 Å². The molecule has 2 aromatic carbocycles. The van der Waals surface area contributed by atoms with Gasteiger partial charge in [-0.2, -0.15) is 4.98 Å². The van der Waals surface area contributed by atoms with Gasteiger partial charge in [0.25, 0.3) is 0 Å². The quantitative estimate of drug-likeness (QED) is 0.455. The smallest absolute Gasteiger partial charge is 0.319 e. The van der Waals surface area contributed by atoms with Gasteiger partial charge in [0.05, 0.1) is 31.0 Å². The normalized spacial score (nSPS) is 13.3. The number of ether oxygens (including phenoxy) is 2. The van der Waals surface area contributed by atoms with Gasteiger partial charge in [0.15, 0.2) is 0 Å². The van der Waals surface area contributed by atoms with E-state index in [2.05, 4.69) is 74.4 Å². The van der Waals surface area contributed by atoms with E-state index in [-0.39, 0.29) is 6.01 Å². The molecule has 0 saturated heterocycles. The highest BCUT2D eigenvalue weighted by molar-refractivity contribution is 5.96. The lowest BCUT2D eigenvalue weighted by Crippen LogP contribution is -2.19. The first-order valence-electron chi connectivity index (χ1n) is 9.97. The molecule has 1 saturated carbocycles. The first kappa shape index (κ1) is 18.4. The van der Waals surface area contributed by atoms with Crippen LogP contribution in [-0.4, -0.2) is 35.2 Å². The first-order chi connectivity index (χ1) is 14.8. The Hall–Kier alpha value is -3.67. The molecule has 0 aliphatic heterocycles. The maximum atomic E-state index is 5.45. The van der Waals surface area contributed by atoms with E-state index in [9.17, 15) is 0 Å². The Labute approximate surface area is 175 Å². The van der Waals surface area contributed by atoms with E-state index < -0.39 is 0 Å². The van der Waals surface area contributed by atoms with E-state index in [0.29, 0.717) is 11.9 Å². The molecule has 0 atom stereocenters. The molecule has 30 heavy (non-hydrogen) atoms. The van der Waals surface area contributed by atoms with Crippen LogP contribution in [0.1, 0.15) is 12.8 Å². The molecule has 150 valence electrons. The average Bonchev–Trinajstić information content (AvgIpc) is 3.64. The highest BCUT2D eigenvalue weighted by Crippen LogP contribution is 2.41. The number of nitrogens with zero attached hydrogens (tertiary/aromatic N) is 4. The summed E-state index contributed by atoms with van der Waals surface area (Å²) in [5.74, 6) is 0.473. The molecular formula is C24H22N4O2. The van der Waals surface area contributed by atoms with Gasteiger partial charge in [-0.3, -0.25) is 4.98 Å². The third-order valence-corrected chi connectivity index (χ3v) is 5.34. The fourth-order valence-electron chi connectivity index (χ4n) is 3.78. The van der Waals surface area contributed by atoms with Gasteiger partial charge in [0.1, 0.15) is 0 Å².